The number of ether oxygens (including phenoxy) is 1. The van der Waals surface area contributed by atoms with Crippen molar-refractivity contribution in [3.05, 3.63) is 24.3 Å². The van der Waals surface area contributed by atoms with Crippen molar-refractivity contribution in [2.75, 3.05) is 31.0 Å². The van der Waals surface area contributed by atoms with E-state index in [1.807, 2.05) is 0 Å². The Morgan fingerprint density at radius 1 is 1.27 bits per heavy atom. The Kier molecular flexibility index (Phi) is 4.70. The number of hydrogen-bond donors (Lipinski definition) is 1. The first-order valence-corrected chi connectivity index (χ1v) is 8.57. The van der Waals surface area contributed by atoms with Crippen LogP contribution in [0.4, 0.5) is 5.69 Å². The Labute approximate surface area is 129 Å². The lowest BCUT2D eigenvalue weighted by molar-refractivity contribution is -0.143. The van der Waals surface area contributed by atoms with Gasteiger partial charge in [0, 0.05) is 18.8 Å². The molecule has 22 heavy (non-hydrogen) atoms. The molecule has 8 heteroatoms. The summed E-state index contributed by atoms with van der Waals surface area (Å²) in [6, 6.07) is 6.11. The molecular formula is C14H18N2O5S. The number of nitrogens with zero attached hydrogens (tertiary/aromatic N) is 1. The highest BCUT2D eigenvalue weighted by atomic mass is 32.2. The van der Waals surface area contributed by atoms with E-state index in [4.69, 9.17) is 4.74 Å². The maximum atomic E-state index is 12.1. The summed E-state index contributed by atoms with van der Waals surface area (Å²) < 4.78 is 27.9. The average Bonchev–Trinajstić information content (AvgIpc) is 2.86. The molecule has 7 nitrogen and oxygen atoms in total. The van der Waals surface area contributed by atoms with Gasteiger partial charge < -0.3 is 15.0 Å². The van der Waals surface area contributed by atoms with E-state index in [1.165, 1.54) is 19.1 Å². The van der Waals surface area contributed by atoms with Gasteiger partial charge in [0.1, 0.15) is 5.75 Å². The third-order valence-electron chi connectivity index (χ3n) is 3.62. The number of sulfone groups is 1. The minimum Gasteiger partial charge on any atom is -0.497 e. The quantitative estimate of drug-likeness (QED) is 0.805. The zero-order chi connectivity index (χ0) is 16.3. The van der Waals surface area contributed by atoms with E-state index < -0.39 is 27.7 Å². The molecule has 1 saturated heterocycles. The van der Waals surface area contributed by atoms with E-state index in [0.29, 0.717) is 17.9 Å². The normalized spacial score (nSPS) is 19.5. The highest BCUT2D eigenvalue weighted by Gasteiger charge is 2.34. The van der Waals surface area contributed by atoms with Gasteiger partial charge in [-0.05, 0) is 30.7 Å². The summed E-state index contributed by atoms with van der Waals surface area (Å²) in [6.45, 7) is 0. The molecule has 1 aromatic rings. The molecule has 1 atom stereocenters. The van der Waals surface area contributed by atoms with Crippen molar-refractivity contribution in [1.82, 2.24) is 4.90 Å². The van der Waals surface area contributed by atoms with Crippen molar-refractivity contribution in [3.63, 3.8) is 0 Å². The van der Waals surface area contributed by atoms with Crippen LogP contribution >= 0.6 is 0 Å². The molecule has 1 aliphatic rings. The van der Waals surface area contributed by atoms with E-state index in [0.717, 1.165) is 0 Å². The minimum absolute atomic E-state index is 0.0510. The molecule has 2 amide bonds. The van der Waals surface area contributed by atoms with Crippen molar-refractivity contribution >= 4 is 27.3 Å². The van der Waals surface area contributed by atoms with Crippen molar-refractivity contribution in [2.45, 2.75) is 12.5 Å². The number of methoxy groups -OCH3 is 1. The summed E-state index contributed by atoms with van der Waals surface area (Å²) in [5.41, 5.74) is 0.464. The summed E-state index contributed by atoms with van der Waals surface area (Å²) in [5, 5.41) is 2.48. The van der Waals surface area contributed by atoms with Crippen molar-refractivity contribution in [2.24, 2.45) is 0 Å². The second-order valence-corrected chi connectivity index (χ2v) is 7.38. The fourth-order valence-corrected chi connectivity index (χ4v) is 4.04. The molecule has 1 unspecified atom stereocenters. The molecule has 0 aliphatic carbocycles. The fraction of sp³-hybridized carbons (Fsp3) is 0.429. The topological polar surface area (TPSA) is 92.8 Å². The Morgan fingerprint density at radius 3 is 2.41 bits per heavy atom. The summed E-state index contributed by atoms with van der Waals surface area (Å²) in [6.07, 6.45) is 0.361. The second kappa shape index (κ2) is 6.35. The van der Waals surface area contributed by atoms with E-state index in [9.17, 15) is 18.0 Å². The Bertz CT molecular complexity index is 669. The molecule has 2 rings (SSSR count). The highest BCUT2D eigenvalue weighted by Crippen LogP contribution is 2.18. The number of carbonyl (C=O) groups excluding carboxylic acids is 2. The van der Waals surface area contributed by atoms with Crippen molar-refractivity contribution in [1.29, 1.82) is 0 Å². The molecule has 0 aromatic heterocycles. The summed E-state index contributed by atoms with van der Waals surface area (Å²) >= 11 is 0. The SMILES string of the molecule is COc1ccc(NC(=O)C(=O)N(C)C2CCS(=O)(=O)C2)cc1. The Balaban J connectivity index is 1.98. The minimum atomic E-state index is -3.11. The summed E-state index contributed by atoms with van der Waals surface area (Å²) in [7, 11) is -0.130. The molecule has 1 aliphatic heterocycles. The third-order valence-corrected chi connectivity index (χ3v) is 5.37. The zero-order valence-corrected chi connectivity index (χ0v) is 13.2. The maximum absolute atomic E-state index is 12.1. The summed E-state index contributed by atoms with van der Waals surface area (Å²) in [5.74, 6) is -0.951. The number of likely N-dealkylation sites (N-methyl/N-ethyl adjacent to an activating group) is 1. The van der Waals surface area contributed by atoms with Crippen molar-refractivity contribution < 1.29 is 22.7 Å². The first kappa shape index (κ1) is 16.3. The lowest BCUT2D eigenvalue weighted by atomic mass is 10.2. The Hall–Kier alpha value is -2.09. The van der Waals surface area contributed by atoms with Crippen LogP contribution in [0, 0.1) is 0 Å². The first-order chi connectivity index (χ1) is 10.3. The molecular weight excluding hydrogens is 308 g/mol. The molecule has 1 N–H and O–H groups in total. The van der Waals surface area contributed by atoms with Gasteiger partial charge in [-0.3, -0.25) is 9.59 Å². The van der Waals surface area contributed by atoms with Gasteiger partial charge in [-0.15, -0.1) is 0 Å². The van der Waals surface area contributed by atoms with Crippen LogP contribution in [0.25, 0.3) is 0 Å². The van der Waals surface area contributed by atoms with E-state index >= 15 is 0 Å². The fourth-order valence-electron chi connectivity index (χ4n) is 2.27. The number of anilines is 1. The van der Waals surface area contributed by atoms with Gasteiger partial charge >= 0.3 is 11.8 Å². The number of rotatable bonds is 3. The Morgan fingerprint density at radius 2 is 1.91 bits per heavy atom. The second-order valence-electron chi connectivity index (χ2n) is 5.16. The van der Waals surface area contributed by atoms with Gasteiger partial charge in [0.15, 0.2) is 9.84 Å². The summed E-state index contributed by atoms with van der Waals surface area (Å²) in [4.78, 5) is 25.2. The monoisotopic (exact) mass is 326 g/mol. The predicted octanol–water partition coefficient (Wildman–Crippen LogP) is 0.279. The number of benzene rings is 1. The van der Waals surface area contributed by atoms with Crippen LogP contribution in [-0.4, -0.2) is 56.8 Å². The van der Waals surface area contributed by atoms with Gasteiger partial charge in [0.05, 0.1) is 18.6 Å². The van der Waals surface area contributed by atoms with Gasteiger partial charge in [0.2, 0.25) is 0 Å². The van der Waals surface area contributed by atoms with Crippen LogP contribution < -0.4 is 10.1 Å². The number of amides is 2. The van der Waals surface area contributed by atoms with Gasteiger partial charge in [-0.1, -0.05) is 0 Å². The number of carbonyl (C=O) groups is 2. The van der Waals surface area contributed by atoms with E-state index in [-0.39, 0.29) is 11.5 Å². The first-order valence-electron chi connectivity index (χ1n) is 6.75. The zero-order valence-electron chi connectivity index (χ0n) is 12.4. The molecule has 1 heterocycles. The predicted molar refractivity (Wildman–Crippen MR) is 81.5 cm³/mol. The van der Waals surface area contributed by atoms with Crippen LogP contribution in [0.5, 0.6) is 5.75 Å². The molecule has 0 radical (unpaired) electrons. The smallest absolute Gasteiger partial charge is 0.313 e. The maximum Gasteiger partial charge on any atom is 0.313 e. The van der Waals surface area contributed by atoms with E-state index in [2.05, 4.69) is 5.32 Å². The number of hydrogen-bond acceptors (Lipinski definition) is 5. The highest BCUT2D eigenvalue weighted by molar-refractivity contribution is 7.91. The van der Waals surface area contributed by atoms with Crippen LogP contribution in [0.15, 0.2) is 24.3 Å². The van der Waals surface area contributed by atoms with Crippen molar-refractivity contribution in [3.8, 4) is 5.75 Å². The van der Waals surface area contributed by atoms with E-state index in [1.54, 1.807) is 24.3 Å². The molecule has 0 bridgehead atoms. The molecule has 0 spiro atoms. The average molecular weight is 326 g/mol. The van der Waals surface area contributed by atoms with Gasteiger partial charge in [-0.2, -0.15) is 0 Å². The van der Waals surface area contributed by atoms with Gasteiger partial charge in [-0.25, -0.2) is 8.42 Å². The largest absolute Gasteiger partial charge is 0.497 e. The standard InChI is InChI=1S/C14H18N2O5S/c1-16(11-7-8-22(19,20)9-11)14(18)13(17)15-10-3-5-12(21-2)6-4-10/h3-6,11H,7-9H2,1-2H3,(H,15,17). The van der Waals surface area contributed by atoms with Crippen LogP contribution in [-0.2, 0) is 19.4 Å². The third kappa shape index (κ3) is 3.76. The van der Waals surface area contributed by atoms with Gasteiger partial charge in [0.25, 0.3) is 0 Å². The lowest BCUT2D eigenvalue weighted by Crippen LogP contribution is -2.43. The molecule has 1 fully saturated rings. The van der Waals surface area contributed by atoms with Crippen LogP contribution in [0.3, 0.4) is 0 Å². The molecule has 1 aromatic carbocycles. The van der Waals surface area contributed by atoms with Crippen LogP contribution in [0.1, 0.15) is 6.42 Å². The molecule has 0 saturated carbocycles. The van der Waals surface area contributed by atoms with Crippen LogP contribution in [0.2, 0.25) is 0 Å². The molecule has 120 valence electrons. The lowest BCUT2D eigenvalue weighted by Gasteiger charge is -2.22. The number of nitrogens with one attached hydrogen (secondary N) is 1.